The second kappa shape index (κ2) is 14.6. The van der Waals surface area contributed by atoms with Gasteiger partial charge in [-0.25, -0.2) is 29.9 Å². The summed E-state index contributed by atoms with van der Waals surface area (Å²) in [7, 11) is 0. The molecule has 4 heterocycles. The maximum Gasteiger partial charge on any atom is 0.164 e. The summed E-state index contributed by atoms with van der Waals surface area (Å²) >= 11 is 0. The predicted octanol–water partition coefficient (Wildman–Crippen LogP) is 13.5. The highest BCUT2D eigenvalue weighted by Crippen LogP contribution is 2.40. The molecule has 12 aromatic rings. The summed E-state index contributed by atoms with van der Waals surface area (Å²) in [6.45, 7) is 0. The van der Waals surface area contributed by atoms with Gasteiger partial charge in [-0.3, -0.25) is 0 Å². The molecule has 0 saturated heterocycles. The first kappa shape index (κ1) is 35.3. The number of benzene rings is 8. The van der Waals surface area contributed by atoms with Crippen LogP contribution in [0, 0.1) is 0 Å². The Morgan fingerprint density at radius 2 is 0.694 bits per heavy atom. The van der Waals surface area contributed by atoms with Gasteiger partial charge in [0.1, 0.15) is 22.3 Å². The molecule has 8 nitrogen and oxygen atoms in total. The molecule has 0 spiro atoms. The molecule has 0 radical (unpaired) electrons. The van der Waals surface area contributed by atoms with Crippen molar-refractivity contribution in [3.63, 3.8) is 0 Å². The van der Waals surface area contributed by atoms with Crippen molar-refractivity contribution in [2.24, 2.45) is 0 Å². The zero-order valence-electron chi connectivity index (χ0n) is 33.0. The summed E-state index contributed by atoms with van der Waals surface area (Å²) in [6.07, 6.45) is 0. The highest BCUT2D eigenvalue weighted by Gasteiger charge is 2.20. The lowest BCUT2D eigenvalue weighted by Crippen LogP contribution is -2.00. The summed E-state index contributed by atoms with van der Waals surface area (Å²) in [6, 6.07) is 64.8. The van der Waals surface area contributed by atoms with E-state index in [0.717, 1.165) is 88.4 Å². The Bertz CT molecular complexity index is 3570. The van der Waals surface area contributed by atoms with Crippen molar-refractivity contribution in [1.29, 1.82) is 0 Å². The molecule has 62 heavy (non-hydrogen) atoms. The van der Waals surface area contributed by atoms with Crippen LogP contribution in [0.2, 0.25) is 0 Å². The number of furan rings is 2. The van der Waals surface area contributed by atoms with Gasteiger partial charge in [0.15, 0.2) is 34.9 Å². The molecule has 12 rings (SSSR count). The zero-order chi connectivity index (χ0) is 41.0. The predicted molar refractivity (Wildman–Crippen MR) is 246 cm³/mol. The first-order chi connectivity index (χ1) is 30.7. The highest BCUT2D eigenvalue weighted by atomic mass is 16.3. The zero-order valence-corrected chi connectivity index (χ0v) is 33.0. The van der Waals surface area contributed by atoms with E-state index in [2.05, 4.69) is 54.6 Å². The summed E-state index contributed by atoms with van der Waals surface area (Å²) in [4.78, 5) is 30.2. The lowest BCUT2D eigenvalue weighted by atomic mass is 10.0. The minimum Gasteiger partial charge on any atom is -0.456 e. The van der Waals surface area contributed by atoms with Crippen LogP contribution in [0.1, 0.15) is 0 Å². The van der Waals surface area contributed by atoms with E-state index in [1.165, 1.54) is 0 Å². The number of rotatable bonds is 7. The maximum absolute atomic E-state index is 6.48. The van der Waals surface area contributed by atoms with Crippen LogP contribution in [0.15, 0.2) is 203 Å². The average molecular weight is 797 g/mol. The summed E-state index contributed by atoms with van der Waals surface area (Å²) in [5, 5.41) is 3.98. The highest BCUT2D eigenvalue weighted by molar-refractivity contribution is 6.13. The topological polar surface area (TPSA) is 104 Å². The van der Waals surface area contributed by atoms with Crippen LogP contribution in [-0.4, -0.2) is 29.9 Å². The van der Waals surface area contributed by atoms with Gasteiger partial charge in [-0.15, -0.1) is 0 Å². The van der Waals surface area contributed by atoms with Crippen LogP contribution in [0.25, 0.3) is 123 Å². The molecule has 8 aromatic carbocycles. The molecule has 0 saturated carbocycles. The van der Waals surface area contributed by atoms with Crippen molar-refractivity contribution in [3.8, 4) is 79.5 Å². The number of hydrogen-bond donors (Lipinski definition) is 0. The smallest absolute Gasteiger partial charge is 0.164 e. The maximum atomic E-state index is 6.48. The second-order valence-corrected chi connectivity index (χ2v) is 15.1. The number of hydrogen-bond acceptors (Lipinski definition) is 8. The van der Waals surface area contributed by atoms with Crippen molar-refractivity contribution >= 4 is 43.9 Å². The molecular formula is C54H32N6O2. The fraction of sp³-hybridized carbons (Fsp3) is 0. The third kappa shape index (κ3) is 6.17. The number of fused-ring (bicyclic) bond motifs is 6. The minimum absolute atomic E-state index is 0.539. The molecule has 0 aliphatic rings. The molecule has 0 bridgehead atoms. The molecule has 290 valence electrons. The number of para-hydroxylation sites is 2. The largest absolute Gasteiger partial charge is 0.456 e. The Morgan fingerprint density at radius 3 is 1.32 bits per heavy atom. The van der Waals surface area contributed by atoms with E-state index < -0.39 is 0 Å². The van der Waals surface area contributed by atoms with Gasteiger partial charge in [0.2, 0.25) is 0 Å². The summed E-state index contributed by atoms with van der Waals surface area (Å²) in [5.41, 5.74) is 10.4. The average Bonchev–Trinajstić information content (AvgIpc) is 3.93. The molecule has 8 heteroatoms. The van der Waals surface area contributed by atoms with Gasteiger partial charge in [-0.05, 0) is 35.9 Å². The fourth-order valence-electron chi connectivity index (χ4n) is 8.21. The van der Waals surface area contributed by atoms with Crippen LogP contribution in [0.3, 0.4) is 0 Å². The van der Waals surface area contributed by atoms with E-state index in [1.54, 1.807) is 0 Å². The normalized spacial score (nSPS) is 11.5. The Balaban J connectivity index is 0.989. The van der Waals surface area contributed by atoms with Crippen LogP contribution in [0.4, 0.5) is 0 Å². The Hall–Kier alpha value is -8.62. The Morgan fingerprint density at radius 1 is 0.258 bits per heavy atom. The summed E-state index contributed by atoms with van der Waals surface area (Å²) < 4.78 is 12.8. The lowest BCUT2D eigenvalue weighted by molar-refractivity contribution is 0.669. The van der Waals surface area contributed by atoms with E-state index >= 15 is 0 Å². The molecule has 0 aliphatic heterocycles. The van der Waals surface area contributed by atoms with Gasteiger partial charge < -0.3 is 8.83 Å². The van der Waals surface area contributed by atoms with E-state index in [9.17, 15) is 0 Å². The first-order valence-electron chi connectivity index (χ1n) is 20.4. The van der Waals surface area contributed by atoms with E-state index in [0.29, 0.717) is 34.9 Å². The standard InChI is InChI=1S/C54H32N6O2/c1-4-14-34(15-5-1)49-55-52(37-28-26-33(27-29-37)39-21-12-22-41-40-20-10-11-24-44(40)62-48(39)41)58-53(57-49)38-30-31-45-43(32-38)47-42(23-13-25-46(47)61-45)54-59-50(35-16-6-2-7-17-35)56-51(60-54)36-18-8-3-9-19-36/h1-32H. The van der Waals surface area contributed by atoms with Crippen molar-refractivity contribution in [2.45, 2.75) is 0 Å². The molecule has 0 aliphatic carbocycles. The fourth-order valence-corrected chi connectivity index (χ4v) is 8.21. The van der Waals surface area contributed by atoms with Crippen LogP contribution >= 0.6 is 0 Å². The molecular weight excluding hydrogens is 765 g/mol. The molecule has 0 N–H and O–H groups in total. The van der Waals surface area contributed by atoms with Gasteiger partial charge in [0.25, 0.3) is 0 Å². The van der Waals surface area contributed by atoms with Crippen molar-refractivity contribution in [3.05, 3.63) is 194 Å². The quantitative estimate of drug-likeness (QED) is 0.157. The van der Waals surface area contributed by atoms with Crippen molar-refractivity contribution in [1.82, 2.24) is 29.9 Å². The van der Waals surface area contributed by atoms with Crippen LogP contribution in [0.5, 0.6) is 0 Å². The number of aromatic nitrogens is 6. The SMILES string of the molecule is c1ccc(-c2nc(-c3ccc(-c4cccc5c4oc4ccccc45)cc3)nc(-c3ccc4oc5cccc(-c6nc(-c7ccccc7)nc(-c7ccccc7)n6)c5c4c3)n2)cc1. The van der Waals surface area contributed by atoms with Crippen molar-refractivity contribution in [2.75, 3.05) is 0 Å². The second-order valence-electron chi connectivity index (χ2n) is 15.1. The summed E-state index contributed by atoms with van der Waals surface area (Å²) in [5.74, 6) is 3.40. The van der Waals surface area contributed by atoms with Gasteiger partial charge in [-0.1, -0.05) is 164 Å². The molecule has 0 atom stereocenters. The number of nitrogens with zero attached hydrogens (tertiary/aromatic N) is 6. The first-order valence-corrected chi connectivity index (χ1v) is 20.4. The van der Waals surface area contributed by atoms with E-state index in [4.69, 9.17) is 38.7 Å². The third-order valence-electron chi connectivity index (χ3n) is 11.2. The molecule has 0 fully saturated rings. The lowest BCUT2D eigenvalue weighted by Gasteiger charge is -2.10. The van der Waals surface area contributed by atoms with E-state index in [-0.39, 0.29) is 0 Å². The van der Waals surface area contributed by atoms with Gasteiger partial charge in [-0.2, -0.15) is 0 Å². The third-order valence-corrected chi connectivity index (χ3v) is 11.2. The van der Waals surface area contributed by atoms with Gasteiger partial charge >= 0.3 is 0 Å². The Labute approximate surface area is 354 Å². The van der Waals surface area contributed by atoms with Gasteiger partial charge in [0, 0.05) is 60.5 Å². The minimum atomic E-state index is 0.539. The van der Waals surface area contributed by atoms with Gasteiger partial charge in [0.05, 0.1) is 0 Å². The van der Waals surface area contributed by atoms with E-state index in [1.807, 2.05) is 140 Å². The molecule has 0 amide bonds. The van der Waals surface area contributed by atoms with Crippen molar-refractivity contribution < 1.29 is 8.83 Å². The Kier molecular flexibility index (Phi) is 8.31. The molecule has 0 unspecified atom stereocenters. The monoisotopic (exact) mass is 796 g/mol. The van der Waals surface area contributed by atoms with Crippen LogP contribution in [-0.2, 0) is 0 Å². The molecule has 4 aromatic heterocycles. The van der Waals surface area contributed by atoms with Crippen LogP contribution < -0.4 is 0 Å².